The molecule has 14 nitrogen and oxygen atoms in total. The van der Waals surface area contributed by atoms with E-state index in [0.717, 1.165) is 11.3 Å². The number of guanidine groups is 1. The van der Waals surface area contributed by atoms with Gasteiger partial charge in [-0.15, -0.1) is 4.76 Å². The van der Waals surface area contributed by atoms with Crippen molar-refractivity contribution < 1.29 is 52.1 Å². The monoisotopic (exact) mass is 527 g/mol. The number of unbranched alkanes of at least 4 members (excludes halogenated alkanes) is 1. The van der Waals surface area contributed by atoms with Crippen molar-refractivity contribution in [3.05, 3.63) is 0 Å². The zero-order valence-corrected chi connectivity index (χ0v) is 21.7. The molecule has 0 saturated heterocycles. The number of nitrogens with zero attached hydrogens (tertiary/aromatic N) is 2. The van der Waals surface area contributed by atoms with Crippen LogP contribution < -0.4 is 5.73 Å². The average molecular weight is 528 g/mol. The van der Waals surface area contributed by atoms with E-state index in [1.54, 1.807) is 0 Å². The summed E-state index contributed by atoms with van der Waals surface area (Å²) in [4.78, 5) is 35.6. The van der Waals surface area contributed by atoms with Crippen LogP contribution in [0.4, 0.5) is 9.59 Å². The van der Waals surface area contributed by atoms with E-state index in [1.807, 2.05) is 20.8 Å². The summed E-state index contributed by atoms with van der Waals surface area (Å²) in [7, 11) is -2.94. The first-order valence-electron chi connectivity index (χ1n) is 11.4. The lowest BCUT2D eigenvalue weighted by molar-refractivity contribution is -0.141. The minimum Gasteiger partial charge on any atom is -0.480 e. The summed E-state index contributed by atoms with van der Waals surface area (Å²) in [5.41, 5.74) is 5.90. The standard InChI is InChI=1S/C20H38N3O11P/c1-5-8-9-16(17(24)25)23(4)18(21)22-35(28,33-14-12-31-19(26)29-10-6-2)34-15-13-32-20(27)30-11-7-3/h16H,5-15H2,1-4H3,(H,24,25)(H2,21,22,28). The van der Waals surface area contributed by atoms with E-state index in [-0.39, 0.29) is 32.8 Å². The number of carboxylic acid groups (broad SMARTS) is 1. The molecule has 35 heavy (non-hydrogen) atoms. The minimum absolute atomic E-state index is 0.178. The normalized spacial score (nSPS) is 12.5. The Kier molecular flexibility index (Phi) is 17.3. The third-order valence-corrected chi connectivity index (χ3v) is 5.60. The molecule has 204 valence electrons. The molecule has 0 amide bonds. The van der Waals surface area contributed by atoms with E-state index >= 15 is 0 Å². The molecule has 0 aliphatic heterocycles. The molecule has 0 aromatic heterocycles. The molecule has 0 aliphatic carbocycles. The van der Waals surface area contributed by atoms with Gasteiger partial charge in [-0.2, -0.15) is 0 Å². The number of rotatable bonds is 18. The lowest BCUT2D eigenvalue weighted by Gasteiger charge is -2.26. The highest BCUT2D eigenvalue weighted by molar-refractivity contribution is 7.52. The molecule has 1 atom stereocenters. The molecule has 0 bridgehead atoms. The highest BCUT2D eigenvalue weighted by atomic mass is 31.2. The SMILES string of the molecule is CCCCC(C(=O)O)N(C)C(N)=NP(=O)(OCCOC(=O)OCCC)OCCOC(=O)OCCC. The second-order valence-corrected chi connectivity index (χ2v) is 8.75. The Morgan fingerprint density at radius 1 is 0.857 bits per heavy atom. The van der Waals surface area contributed by atoms with Gasteiger partial charge in [0, 0.05) is 7.05 Å². The lowest BCUT2D eigenvalue weighted by atomic mass is 10.1. The Balaban J connectivity index is 5.22. The number of ether oxygens (including phenoxy) is 4. The Bertz CT molecular complexity index is 688. The smallest absolute Gasteiger partial charge is 0.480 e. The molecule has 0 saturated carbocycles. The lowest BCUT2D eigenvalue weighted by Crippen LogP contribution is -2.46. The van der Waals surface area contributed by atoms with Gasteiger partial charge in [0.25, 0.3) is 0 Å². The molecule has 0 rings (SSSR count). The zero-order chi connectivity index (χ0) is 26.7. The topological polar surface area (TPSA) is 186 Å². The van der Waals surface area contributed by atoms with Crippen molar-refractivity contribution in [1.82, 2.24) is 4.90 Å². The number of aliphatic carboxylic acids is 1. The number of nitrogens with two attached hydrogens (primary N) is 1. The predicted octanol–water partition coefficient (Wildman–Crippen LogP) is 3.14. The molecule has 0 fully saturated rings. The van der Waals surface area contributed by atoms with Gasteiger partial charge in [0.15, 0.2) is 0 Å². The van der Waals surface area contributed by atoms with Crippen LogP contribution in [-0.2, 0) is 37.4 Å². The average Bonchev–Trinajstić information content (AvgIpc) is 2.81. The molecule has 0 aromatic rings. The van der Waals surface area contributed by atoms with Crippen LogP contribution >= 0.6 is 7.75 Å². The van der Waals surface area contributed by atoms with E-state index in [1.165, 1.54) is 7.05 Å². The summed E-state index contributed by atoms with van der Waals surface area (Å²) in [5, 5.41) is 9.49. The summed E-state index contributed by atoms with van der Waals surface area (Å²) >= 11 is 0. The van der Waals surface area contributed by atoms with E-state index in [9.17, 15) is 24.1 Å². The van der Waals surface area contributed by atoms with Crippen LogP contribution in [0.15, 0.2) is 4.76 Å². The largest absolute Gasteiger partial charge is 0.508 e. The van der Waals surface area contributed by atoms with Gasteiger partial charge in [0.05, 0.1) is 26.4 Å². The first-order valence-corrected chi connectivity index (χ1v) is 12.9. The van der Waals surface area contributed by atoms with E-state index < -0.39 is 51.2 Å². The van der Waals surface area contributed by atoms with Crippen molar-refractivity contribution >= 4 is 32.0 Å². The molecular weight excluding hydrogens is 489 g/mol. The number of hydrogen-bond donors (Lipinski definition) is 2. The summed E-state index contributed by atoms with van der Waals surface area (Å²) in [6.07, 6.45) is 1.05. The molecule has 1 unspecified atom stereocenters. The number of likely N-dealkylation sites (N-methyl/N-ethyl adjacent to an activating group) is 1. The van der Waals surface area contributed by atoms with Gasteiger partial charge in [-0.05, 0) is 19.3 Å². The van der Waals surface area contributed by atoms with Gasteiger partial charge in [-0.1, -0.05) is 33.6 Å². The van der Waals surface area contributed by atoms with Crippen LogP contribution in [0.3, 0.4) is 0 Å². The van der Waals surface area contributed by atoms with E-state index in [0.29, 0.717) is 19.3 Å². The maximum atomic E-state index is 13.1. The van der Waals surface area contributed by atoms with Gasteiger partial charge >= 0.3 is 26.0 Å². The van der Waals surface area contributed by atoms with Gasteiger partial charge in [-0.3, -0.25) is 9.05 Å². The number of carbonyl (C=O) groups excluding carboxylic acids is 2. The Morgan fingerprint density at radius 2 is 1.31 bits per heavy atom. The summed E-state index contributed by atoms with van der Waals surface area (Å²) in [6, 6.07) is -1.01. The van der Waals surface area contributed by atoms with Crippen molar-refractivity contribution in [2.75, 3.05) is 46.7 Å². The molecule has 0 spiro atoms. The number of hydrogen-bond acceptors (Lipinski definition) is 10. The van der Waals surface area contributed by atoms with Crippen molar-refractivity contribution in [3.8, 4) is 0 Å². The van der Waals surface area contributed by atoms with Gasteiger partial charge < -0.3 is 34.7 Å². The fourth-order valence-electron chi connectivity index (χ4n) is 2.34. The molecule has 3 N–H and O–H groups in total. The van der Waals surface area contributed by atoms with Gasteiger partial charge in [0.1, 0.15) is 19.3 Å². The molecule has 0 radical (unpaired) electrons. The van der Waals surface area contributed by atoms with Crippen LogP contribution in [0.5, 0.6) is 0 Å². The van der Waals surface area contributed by atoms with Crippen LogP contribution in [0.25, 0.3) is 0 Å². The quantitative estimate of drug-likeness (QED) is 0.0871. The van der Waals surface area contributed by atoms with Crippen molar-refractivity contribution in [2.45, 2.75) is 58.9 Å². The van der Waals surface area contributed by atoms with Crippen molar-refractivity contribution in [3.63, 3.8) is 0 Å². The molecule has 0 aliphatic rings. The van der Waals surface area contributed by atoms with E-state index in [2.05, 4.69) is 4.76 Å². The van der Waals surface area contributed by atoms with Crippen molar-refractivity contribution in [2.24, 2.45) is 10.5 Å². The fourth-order valence-corrected chi connectivity index (χ4v) is 3.53. The zero-order valence-electron chi connectivity index (χ0n) is 20.8. The van der Waals surface area contributed by atoms with Crippen LogP contribution in [0, 0.1) is 0 Å². The molecular formula is C20H38N3O11P. The predicted molar refractivity (Wildman–Crippen MR) is 125 cm³/mol. The first kappa shape index (κ1) is 32.4. The Morgan fingerprint density at radius 3 is 1.71 bits per heavy atom. The van der Waals surface area contributed by atoms with Crippen LogP contribution in [0.2, 0.25) is 0 Å². The Labute approximate surface area is 205 Å². The van der Waals surface area contributed by atoms with Crippen LogP contribution in [0.1, 0.15) is 52.9 Å². The highest BCUT2D eigenvalue weighted by Crippen LogP contribution is 2.49. The van der Waals surface area contributed by atoms with Crippen LogP contribution in [-0.4, -0.2) is 87.0 Å². The summed E-state index contributed by atoms with van der Waals surface area (Å²) < 4.78 is 46.3. The summed E-state index contributed by atoms with van der Waals surface area (Å²) in [5.74, 6) is -1.53. The second-order valence-electron chi connectivity index (χ2n) is 7.09. The molecule has 0 heterocycles. The van der Waals surface area contributed by atoms with Gasteiger partial charge in [-0.25, -0.2) is 18.9 Å². The summed E-state index contributed by atoms with van der Waals surface area (Å²) in [6.45, 7) is 4.46. The third-order valence-electron chi connectivity index (χ3n) is 4.13. The van der Waals surface area contributed by atoms with Crippen molar-refractivity contribution in [1.29, 1.82) is 0 Å². The molecule has 15 heteroatoms. The third kappa shape index (κ3) is 15.1. The second kappa shape index (κ2) is 18.7. The molecule has 0 aromatic carbocycles. The highest BCUT2D eigenvalue weighted by Gasteiger charge is 2.29. The first-order chi connectivity index (χ1) is 16.6. The number of carboxylic acids is 1. The maximum absolute atomic E-state index is 13.1. The minimum atomic E-state index is -4.32. The Hall–Kier alpha value is -2.57. The maximum Gasteiger partial charge on any atom is 0.508 e. The fraction of sp³-hybridized carbons (Fsp3) is 0.800. The van der Waals surface area contributed by atoms with Gasteiger partial charge in [0.2, 0.25) is 5.96 Å². The number of carbonyl (C=O) groups is 3. The van der Waals surface area contributed by atoms with E-state index in [4.69, 9.17) is 33.7 Å².